The molecule has 0 bridgehead atoms. The highest BCUT2D eigenvalue weighted by Gasteiger charge is 2.35. The van der Waals surface area contributed by atoms with Gasteiger partial charge in [0.05, 0.1) is 5.92 Å². The van der Waals surface area contributed by atoms with Crippen molar-refractivity contribution in [2.24, 2.45) is 5.92 Å². The standard InChI is InChI=1S/C19H27N3O2.ClH/c1-2-4-14-6-8-17(9-7-14)22-13-15(11-18(22)23)19(24)21-12-16-5-3-10-20-16;/h6-9,15-16,20H,2-5,10-13H2,1H3,(H,21,24);1H. The van der Waals surface area contributed by atoms with Crippen LogP contribution in [0.4, 0.5) is 5.69 Å². The Morgan fingerprint density at radius 2 is 2.08 bits per heavy atom. The van der Waals surface area contributed by atoms with Gasteiger partial charge in [-0.15, -0.1) is 12.4 Å². The lowest BCUT2D eigenvalue weighted by molar-refractivity contribution is -0.126. The molecule has 3 rings (SSSR count). The van der Waals surface area contributed by atoms with E-state index in [0.717, 1.165) is 31.5 Å². The molecule has 2 aliphatic rings. The fourth-order valence-electron chi connectivity index (χ4n) is 3.56. The summed E-state index contributed by atoms with van der Waals surface area (Å²) >= 11 is 0. The van der Waals surface area contributed by atoms with E-state index in [4.69, 9.17) is 0 Å². The molecule has 138 valence electrons. The van der Waals surface area contributed by atoms with Crippen LogP contribution >= 0.6 is 12.4 Å². The van der Waals surface area contributed by atoms with Crippen molar-refractivity contribution in [1.82, 2.24) is 10.6 Å². The number of hydrogen-bond donors (Lipinski definition) is 2. The number of benzene rings is 1. The van der Waals surface area contributed by atoms with Gasteiger partial charge >= 0.3 is 0 Å². The predicted molar refractivity (Wildman–Crippen MR) is 102 cm³/mol. The molecule has 2 fully saturated rings. The molecule has 6 heteroatoms. The van der Waals surface area contributed by atoms with Gasteiger partial charge in [0, 0.05) is 31.2 Å². The molecule has 0 saturated carbocycles. The number of carbonyl (C=O) groups is 2. The number of aryl methyl sites for hydroxylation is 1. The Morgan fingerprint density at radius 3 is 2.72 bits per heavy atom. The van der Waals surface area contributed by atoms with E-state index in [0.29, 0.717) is 25.6 Å². The first kappa shape index (κ1) is 19.7. The summed E-state index contributed by atoms with van der Waals surface area (Å²) in [6, 6.07) is 8.52. The second kappa shape index (κ2) is 9.20. The van der Waals surface area contributed by atoms with E-state index >= 15 is 0 Å². The van der Waals surface area contributed by atoms with Gasteiger partial charge < -0.3 is 15.5 Å². The lowest BCUT2D eigenvalue weighted by atomic mass is 10.1. The number of anilines is 1. The SMILES string of the molecule is CCCc1ccc(N2CC(C(=O)NCC3CCCN3)CC2=O)cc1.Cl. The predicted octanol–water partition coefficient (Wildman–Crippen LogP) is 2.28. The van der Waals surface area contributed by atoms with Crippen molar-refractivity contribution in [1.29, 1.82) is 0 Å². The van der Waals surface area contributed by atoms with Crippen molar-refractivity contribution in [3.63, 3.8) is 0 Å². The van der Waals surface area contributed by atoms with Crippen molar-refractivity contribution in [3.8, 4) is 0 Å². The van der Waals surface area contributed by atoms with E-state index in [1.54, 1.807) is 4.90 Å². The summed E-state index contributed by atoms with van der Waals surface area (Å²) < 4.78 is 0. The van der Waals surface area contributed by atoms with E-state index < -0.39 is 0 Å². The number of carbonyl (C=O) groups excluding carboxylic acids is 2. The van der Waals surface area contributed by atoms with Crippen LogP contribution in [0.15, 0.2) is 24.3 Å². The first-order valence-corrected chi connectivity index (χ1v) is 9.07. The lowest BCUT2D eigenvalue weighted by Gasteiger charge is -2.18. The quantitative estimate of drug-likeness (QED) is 0.813. The number of halogens is 1. The number of nitrogens with one attached hydrogen (secondary N) is 2. The summed E-state index contributed by atoms with van der Waals surface area (Å²) in [5.41, 5.74) is 2.18. The van der Waals surface area contributed by atoms with Crippen LogP contribution < -0.4 is 15.5 Å². The van der Waals surface area contributed by atoms with Gasteiger partial charge in [0.25, 0.3) is 0 Å². The maximum Gasteiger partial charge on any atom is 0.227 e. The third-order valence-electron chi connectivity index (χ3n) is 4.97. The molecule has 2 unspecified atom stereocenters. The van der Waals surface area contributed by atoms with Crippen LogP contribution in [0.2, 0.25) is 0 Å². The third-order valence-corrected chi connectivity index (χ3v) is 4.97. The summed E-state index contributed by atoms with van der Waals surface area (Å²) in [5, 5.41) is 6.37. The zero-order valence-corrected chi connectivity index (χ0v) is 15.6. The highest BCUT2D eigenvalue weighted by Crippen LogP contribution is 2.25. The molecule has 0 aromatic heterocycles. The van der Waals surface area contributed by atoms with Crippen LogP contribution in [0.1, 0.15) is 38.2 Å². The van der Waals surface area contributed by atoms with Gasteiger partial charge in [-0.2, -0.15) is 0 Å². The van der Waals surface area contributed by atoms with Gasteiger partial charge in [0.1, 0.15) is 0 Å². The number of nitrogens with zero attached hydrogens (tertiary/aromatic N) is 1. The maximum absolute atomic E-state index is 12.3. The first-order valence-electron chi connectivity index (χ1n) is 9.07. The van der Waals surface area contributed by atoms with Gasteiger partial charge in [-0.25, -0.2) is 0 Å². The van der Waals surface area contributed by atoms with E-state index in [-0.39, 0.29) is 30.1 Å². The molecule has 2 atom stereocenters. The Labute approximate surface area is 155 Å². The van der Waals surface area contributed by atoms with Crippen molar-refractivity contribution < 1.29 is 9.59 Å². The smallest absolute Gasteiger partial charge is 0.227 e. The molecule has 2 heterocycles. The van der Waals surface area contributed by atoms with Gasteiger partial charge in [-0.1, -0.05) is 25.5 Å². The number of amides is 2. The summed E-state index contributed by atoms with van der Waals surface area (Å²) in [7, 11) is 0. The van der Waals surface area contributed by atoms with Crippen molar-refractivity contribution in [3.05, 3.63) is 29.8 Å². The van der Waals surface area contributed by atoms with Gasteiger partial charge in [0.2, 0.25) is 11.8 Å². The Balaban J connectivity index is 0.00000225. The minimum Gasteiger partial charge on any atom is -0.354 e. The Bertz CT molecular complexity index is 585. The molecule has 2 amide bonds. The molecule has 0 spiro atoms. The normalized spacial score (nSPS) is 22.8. The van der Waals surface area contributed by atoms with Gasteiger partial charge in [-0.05, 0) is 43.5 Å². The molecule has 2 N–H and O–H groups in total. The van der Waals surface area contributed by atoms with Gasteiger partial charge in [-0.3, -0.25) is 9.59 Å². The zero-order valence-electron chi connectivity index (χ0n) is 14.8. The molecule has 0 aliphatic carbocycles. The highest BCUT2D eigenvalue weighted by atomic mass is 35.5. The summed E-state index contributed by atoms with van der Waals surface area (Å²) in [4.78, 5) is 26.4. The van der Waals surface area contributed by atoms with Gasteiger partial charge in [0.15, 0.2) is 0 Å². The molecule has 1 aromatic rings. The van der Waals surface area contributed by atoms with E-state index in [2.05, 4.69) is 29.7 Å². The van der Waals surface area contributed by atoms with E-state index in [9.17, 15) is 9.59 Å². The second-order valence-electron chi connectivity index (χ2n) is 6.86. The minimum absolute atomic E-state index is 0. The third kappa shape index (κ3) is 4.95. The lowest BCUT2D eigenvalue weighted by Crippen LogP contribution is -2.40. The fraction of sp³-hybridized carbons (Fsp3) is 0.579. The molecular formula is C19H28ClN3O2. The molecule has 5 nitrogen and oxygen atoms in total. The average Bonchev–Trinajstić information content (AvgIpc) is 3.23. The Morgan fingerprint density at radius 1 is 1.32 bits per heavy atom. The molecule has 0 radical (unpaired) electrons. The fourth-order valence-corrected chi connectivity index (χ4v) is 3.56. The molecule has 25 heavy (non-hydrogen) atoms. The van der Waals surface area contributed by atoms with Crippen LogP contribution in [-0.4, -0.2) is 37.5 Å². The van der Waals surface area contributed by atoms with E-state index in [1.807, 2.05) is 12.1 Å². The minimum atomic E-state index is -0.241. The molecule has 2 saturated heterocycles. The summed E-state index contributed by atoms with van der Waals surface area (Å²) in [5.74, 6) is -0.200. The monoisotopic (exact) mass is 365 g/mol. The van der Waals surface area contributed by atoms with Crippen molar-refractivity contribution in [2.45, 2.75) is 45.1 Å². The maximum atomic E-state index is 12.3. The van der Waals surface area contributed by atoms with E-state index in [1.165, 1.54) is 12.0 Å². The van der Waals surface area contributed by atoms with Crippen LogP contribution in [0.3, 0.4) is 0 Å². The van der Waals surface area contributed by atoms with Crippen molar-refractivity contribution in [2.75, 3.05) is 24.5 Å². The summed E-state index contributed by atoms with van der Waals surface area (Å²) in [6.45, 7) is 4.33. The Kier molecular flexibility index (Phi) is 7.26. The largest absolute Gasteiger partial charge is 0.354 e. The van der Waals surface area contributed by atoms with Crippen LogP contribution in [0, 0.1) is 5.92 Å². The topological polar surface area (TPSA) is 61.4 Å². The molecular weight excluding hydrogens is 338 g/mol. The molecule has 1 aromatic carbocycles. The van der Waals surface area contributed by atoms with Crippen molar-refractivity contribution >= 4 is 29.9 Å². The van der Waals surface area contributed by atoms with Crippen LogP contribution in [-0.2, 0) is 16.0 Å². The number of hydrogen-bond acceptors (Lipinski definition) is 3. The average molecular weight is 366 g/mol. The summed E-state index contributed by atoms with van der Waals surface area (Å²) in [6.07, 6.45) is 4.75. The van der Waals surface area contributed by atoms with Crippen LogP contribution in [0.25, 0.3) is 0 Å². The zero-order chi connectivity index (χ0) is 16.9. The number of rotatable bonds is 6. The Hall–Kier alpha value is -1.59. The first-order chi connectivity index (χ1) is 11.7. The van der Waals surface area contributed by atoms with Crippen LogP contribution in [0.5, 0.6) is 0 Å². The highest BCUT2D eigenvalue weighted by molar-refractivity contribution is 6.00. The second-order valence-corrected chi connectivity index (χ2v) is 6.86. The molecule has 2 aliphatic heterocycles.